The predicted molar refractivity (Wildman–Crippen MR) is 64.1 cm³/mol. The molecule has 0 aromatic rings. The molecule has 1 aliphatic carbocycles. The Hall–Kier alpha value is -1.30. The van der Waals surface area contributed by atoms with Gasteiger partial charge in [-0.05, 0) is 18.1 Å². The normalized spacial score (nSPS) is 22.5. The molecule has 1 rings (SSSR count). The van der Waals surface area contributed by atoms with Crippen LogP contribution in [0.15, 0.2) is 60.3 Å². The van der Waals surface area contributed by atoms with Crippen molar-refractivity contribution < 1.29 is 0 Å². The van der Waals surface area contributed by atoms with Crippen LogP contribution >= 0.6 is 0 Å². The third-order valence-corrected chi connectivity index (χ3v) is 2.18. The van der Waals surface area contributed by atoms with Gasteiger partial charge in [0.2, 0.25) is 0 Å². The molecule has 0 saturated heterocycles. The number of hydrogen-bond acceptors (Lipinski definition) is 0. The summed E-state index contributed by atoms with van der Waals surface area (Å²) < 4.78 is 0. The van der Waals surface area contributed by atoms with Gasteiger partial charge in [-0.2, -0.15) is 0 Å². The molecule has 0 N–H and O–H groups in total. The summed E-state index contributed by atoms with van der Waals surface area (Å²) >= 11 is 0. The molecule has 0 saturated carbocycles. The highest BCUT2D eigenvalue weighted by atomic mass is 14.2. The van der Waals surface area contributed by atoms with E-state index in [1.807, 2.05) is 6.92 Å². The molecule has 0 heterocycles. The van der Waals surface area contributed by atoms with Crippen molar-refractivity contribution in [3.8, 4) is 0 Å². The molecule has 0 aromatic heterocycles. The SMILES string of the molecule is C=C(C)/C=C1/C=CC(C)(C)C=CC1=C. The van der Waals surface area contributed by atoms with Crippen molar-refractivity contribution in [1.82, 2.24) is 0 Å². The van der Waals surface area contributed by atoms with Gasteiger partial charge in [0.05, 0.1) is 0 Å². The van der Waals surface area contributed by atoms with E-state index in [-0.39, 0.29) is 5.41 Å². The van der Waals surface area contributed by atoms with Gasteiger partial charge < -0.3 is 0 Å². The zero-order valence-corrected chi connectivity index (χ0v) is 9.30. The van der Waals surface area contributed by atoms with E-state index in [9.17, 15) is 0 Å². The molecule has 0 amide bonds. The van der Waals surface area contributed by atoms with Crippen LogP contribution in [0, 0.1) is 5.41 Å². The van der Waals surface area contributed by atoms with E-state index in [0.29, 0.717) is 0 Å². The van der Waals surface area contributed by atoms with Gasteiger partial charge in [0.15, 0.2) is 0 Å². The molecule has 74 valence electrons. The molecular formula is C14H18. The Bertz CT molecular complexity index is 346. The van der Waals surface area contributed by atoms with E-state index in [2.05, 4.69) is 57.4 Å². The van der Waals surface area contributed by atoms with Crippen LogP contribution in [0.3, 0.4) is 0 Å². The van der Waals surface area contributed by atoms with E-state index in [4.69, 9.17) is 0 Å². The first-order chi connectivity index (χ1) is 6.41. The lowest BCUT2D eigenvalue weighted by atomic mass is 9.93. The highest BCUT2D eigenvalue weighted by Crippen LogP contribution is 2.27. The Morgan fingerprint density at radius 3 is 2.43 bits per heavy atom. The summed E-state index contributed by atoms with van der Waals surface area (Å²) in [5.41, 5.74) is 3.38. The van der Waals surface area contributed by atoms with E-state index in [1.165, 1.54) is 0 Å². The molecule has 1 aliphatic rings. The monoisotopic (exact) mass is 186 g/mol. The van der Waals surface area contributed by atoms with Crippen molar-refractivity contribution >= 4 is 0 Å². The Morgan fingerprint density at radius 2 is 1.86 bits per heavy atom. The topological polar surface area (TPSA) is 0 Å². The van der Waals surface area contributed by atoms with Crippen LogP contribution in [-0.4, -0.2) is 0 Å². The Morgan fingerprint density at radius 1 is 1.29 bits per heavy atom. The number of hydrogen-bond donors (Lipinski definition) is 0. The third kappa shape index (κ3) is 2.88. The lowest BCUT2D eigenvalue weighted by molar-refractivity contribution is 0.627. The molecule has 0 spiro atoms. The second-order valence-electron chi connectivity index (χ2n) is 4.46. The first kappa shape index (κ1) is 10.8. The summed E-state index contributed by atoms with van der Waals surface area (Å²) in [7, 11) is 0. The highest BCUT2D eigenvalue weighted by molar-refractivity contribution is 5.50. The average molecular weight is 186 g/mol. The lowest BCUT2D eigenvalue weighted by Gasteiger charge is -2.11. The number of rotatable bonds is 1. The summed E-state index contributed by atoms with van der Waals surface area (Å²) in [6, 6.07) is 0. The molecule has 0 aliphatic heterocycles. The zero-order valence-electron chi connectivity index (χ0n) is 9.30. The van der Waals surface area contributed by atoms with Crippen molar-refractivity contribution in [2.24, 2.45) is 5.41 Å². The van der Waals surface area contributed by atoms with E-state index < -0.39 is 0 Å². The van der Waals surface area contributed by atoms with Gasteiger partial charge in [-0.25, -0.2) is 0 Å². The summed E-state index contributed by atoms with van der Waals surface area (Å²) in [6.45, 7) is 14.3. The summed E-state index contributed by atoms with van der Waals surface area (Å²) in [5.74, 6) is 0. The fourth-order valence-corrected chi connectivity index (χ4v) is 1.29. The molecule has 0 radical (unpaired) electrons. The van der Waals surface area contributed by atoms with Crippen molar-refractivity contribution in [2.45, 2.75) is 20.8 Å². The summed E-state index contributed by atoms with van der Waals surface area (Å²) in [5, 5.41) is 0. The second-order valence-corrected chi connectivity index (χ2v) is 4.46. The smallest absolute Gasteiger partial charge is 0.00111 e. The van der Waals surface area contributed by atoms with Crippen LogP contribution in [0.2, 0.25) is 0 Å². The highest BCUT2D eigenvalue weighted by Gasteiger charge is 2.12. The minimum Gasteiger partial charge on any atom is -0.0961 e. The fraction of sp³-hybridized carbons (Fsp3) is 0.286. The van der Waals surface area contributed by atoms with E-state index in [0.717, 1.165) is 16.7 Å². The van der Waals surface area contributed by atoms with Crippen molar-refractivity contribution in [3.63, 3.8) is 0 Å². The molecule has 0 aromatic carbocycles. The number of allylic oxidation sites excluding steroid dienone is 8. The molecule has 0 heteroatoms. The molecular weight excluding hydrogens is 168 g/mol. The fourth-order valence-electron chi connectivity index (χ4n) is 1.29. The van der Waals surface area contributed by atoms with Gasteiger partial charge >= 0.3 is 0 Å². The van der Waals surface area contributed by atoms with Crippen LogP contribution < -0.4 is 0 Å². The molecule has 14 heavy (non-hydrogen) atoms. The van der Waals surface area contributed by atoms with Crippen LogP contribution in [0.1, 0.15) is 20.8 Å². The molecule has 0 unspecified atom stereocenters. The van der Waals surface area contributed by atoms with Gasteiger partial charge in [-0.1, -0.05) is 63.0 Å². The lowest BCUT2D eigenvalue weighted by Crippen LogP contribution is -2.00. The Labute approximate surface area is 87.0 Å². The zero-order chi connectivity index (χ0) is 10.8. The summed E-state index contributed by atoms with van der Waals surface area (Å²) in [6.07, 6.45) is 10.6. The van der Waals surface area contributed by atoms with Gasteiger partial charge in [-0.3, -0.25) is 0 Å². The van der Waals surface area contributed by atoms with Crippen molar-refractivity contribution in [2.75, 3.05) is 0 Å². The van der Waals surface area contributed by atoms with E-state index in [1.54, 1.807) is 0 Å². The van der Waals surface area contributed by atoms with Crippen LogP contribution in [0.5, 0.6) is 0 Å². The quantitative estimate of drug-likeness (QED) is 0.576. The molecule has 0 bridgehead atoms. The molecule has 0 fully saturated rings. The average Bonchev–Trinajstić information content (AvgIpc) is 2.17. The predicted octanol–water partition coefficient (Wildman–Crippen LogP) is 4.20. The standard InChI is InChI=1S/C14H18/c1-11(2)10-13-7-9-14(4,5)8-6-12(13)3/h6-10H,1,3H2,2,4-5H3/b13-10-. The first-order valence-electron chi connectivity index (χ1n) is 4.86. The third-order valence-electron chi connectivity index (χ3n) is 2.18. The minimum absolute atomic E-state index is 0.119. The first-order valence-corrected chi connectivity index (χ1v) is 4.86. The van der Waals surface area contributed by atoms with Gasteiger partial charge in [0.25, 0.3) is 0 Å². The Balaban J connectivity index is 3.08. The minimum atomic E-state index is 0.119. The van der Waals surface area contributed by atoms with Crippen molar-refractivity contribution in [3.05, 3.63) is 60.3 Å². The van der Waals surface area contributed by atoms with Crippen LogP contribution in [0.25, 0.3) is 0 Å². The van der Waals surface area contributed by atoms with Crippen LogP contribution in [0.4, 0.5) is 0 Å². The molecule has 0 atom stereocenters. The van der Waals surface area contributed by atoms with Gasteiger partial charge in [-0.15, -0.1) is 0 Å². The maximum atomic E-state index is 4.03. The molecule has 0 nitrogen and oxygen atoms in total. The maximum absolute atomic E-state index is 4.03. The van der Waals surface area contributed by atoms with Gasteiger partial charge in [0, 0.05) is 5.41 Å². The maximum Gasteiger partial charge on any atom is 0.00111 e. The van der Waals surface area contributed by atoms with Gasteiger partial charge in [0.1, 0.15) is 0 Å². The second kappa shape index (κ2) is 3.83. The summed E-state index contributed by atoms with van der Waals surface area (Å²) in [4.78, 5) is 0. The largest absolute Gasteiger partial charge is 0.0961 e. The van der Waals surface area contributed by atoms with E-state index >= 15 is 0 Å². The Kier molecular flexibility index (Phi) is 2.95. The van der Waals surface area contributed by atoms with Crippen molar-refractivity contribution in [1.29, 1.82) is 0 Å². The van der Waals surface area contributed by atoms with Crippen LogP contribution in [-0.2, 0) is 0 Å².